The van der Waals surface area contributed by atoms with Gasteiger partial charge in [0.1, 0.15) is 11.6 Å². The fraction of sp³-hybridized carbons (Fsp3) is 0.235. The van der Waals surface area contributed by atoms with E-state index < -0.39 is 0 Å². The number of halogens is 1. The fourth-order valence-electron chi connectivity index (χ4n) is 1.88. The molecule has 0 bridgehead atoms. The molecular weight excluding hydrogens is 301 g/mol. The Morgan fingerprint density at radius 3 is 2.77 bits per heavy atom. The first-order valence-electron chi connectivity index (χ1n) is 6.87. The molecule has 0 spiro atoms. The number of carbonyl (C=O) groups excluding carboxylic acids is 1. The van der Waals surface area contributed by atoms with Gasteiger partial charge in [0.15, 0.2) is 0 Å². The maximum atomic E-state index is 13.4. The summed E-state index contributed by atoms with van der Waals surface area (Å²) in [7, 11) is 1.60. The van der Waals surface area contributed by atoms with Crippen LogP contribution in [0, 0.1) is 12.7 Å². The minimum absolute atomic E-state index is 0.100. The van der Waals surface area contributed by atoms with Gasteiger partial charge in [-0.15, -0.1) is 11.8 Å². The van der Waals surface area contributed by atoms with Crippen LogP contribution in [0.3, 0.4) is 0 Å². The third kappa shape index (κ3) is 4.49. The molecule has 1 N–H and O–H groups in total. The molecule has 1 amide bonds. The molecule has 0 radical (unpaired) electrons. The SMILES string of the molecule is COc1ccccc1SCC(=O)NCc1ccc(C)c(F)c1. The molecule has 0 saturated heterocycles. The number of para-hydroxylation sites is 1. The van der Waals surface area contributed by atoms with Crippen molar-refractivity contribution < 1.29 is 13.9 Å². The van der Waals surface area contributed by atoms with Gasteiger partial charge in [-0.05, 0) is 36.2 Å². The summed E-state index contributed by atoms with van der Waals surface area (Å²) in [4.78, 5) is 12.8. The normalized spacial score (nSPS) is 10.3. The van der Waals surface area contributed by atoms with E-state index in [9.17, 15) is 9.18 Å². The van der Waals surface area contributed by atoms with E-state index in [4.69, 9.17) is 4.74 Å². The summed E-state index contributed by atoms with van der Waals surface area (Å²) in [5.41, 5.74) is 1.35. The number of methoxy groups -OCH3 is 1. The van der Waals surface area contributed by atoms with Crippen LogP contribution in [-0.4, -0.2) is 18.8 Å². The summed E-state index contributed by atoms with van der Waals surface area (Å²) in [5, 5.41) is 2.79. The molecule has 2 aromatic carbocycles. The third-order valence-corrected chi connectivity index (χ3v) is 4.21. The van der Waals surface area contributed by atoms with E-state index in [-0.39, 0.29) is 17.5 Å². The Morgan fingerprint density at radius 1 is 1.27 bits per heavy atom. The molecule has 116 valence electrons. The van der Waals surface area contributed by atoms with Crippen LogP contribution in [0.1, 0.15) is 11.1 Å². The lowest BCUT2D eigenvalue weighted by atomic mass is 10.1. The fourth-order valence-corrected chi connectivity index (χ4v) is 2.74. The molecule has 3 nitrogen and oxygen atoms in total. The second-order valence-electron chi connectivity index (χ2n) is 4.80. The lowest BCUT2D eigenvalue weighted by Gasteiger charge is -2.08. The smallest absolute Gasteiger partial charge is 0.230 e. The van der Waals surface area contributed by atoms with Gasteiger partial charge in [-0.2, -0.15) is 0 Å². The number of carbonyl (C=O) groups is 1. The van der Waals surface area contributed by atoms with Crippen LogP contribution in [-0.2, 0) is 11.3 Å². The largest absolute Gasteiger partial charge is 0.496 e. The number of ether oxygens (including phenoxy) is 1. The monoisotopic (exact) mass is 319 g/mol. The van der Waals surface area contributed by atoms with Crippen LogP contribution >= 0.6 is 11.8 Å². The molecule has 0 fully saturated rings. The number of rotatable bonds is 6. The van der Waals surface area contributed by atoms with E-state index in [1.54, 1.807) is 20.1 Å². The minimum atomic E-state index is -0.254. The standard InChI is InChI=1S/C17H18FNO2S/c1-12-7-8-13(9-14(12)18)10-19-17(20)11-22-16-6-4-3-5-15(16)21-2/h3-9H,10-11H2,1-2H3,(H,19,20). The van der Waals surface area contributed by atoms with Crippen molar-refractivity contribution in [2.75, 3.05) is 12.9 Å². The van der Waals surface area contributed by atoms with E-state index in [1.165, 1.54) is 17.8 Å². The number of benzene rings is 2. The van der Waals surface area contributed by atoms with E-state index in [2.05, 4.69) is 5.32 Å². The zero-order chi connectivity index (χ0) is 15.9. The zero-order valence-corrected chi connectivity index (χ0v) is 13.4. The maximum absolute atomic E-state index is 13.4. The number of hydrogen-bond acceptors (Lipinski definition) is 3. The van der Waals surface area contributed by atoms with Crippen LogP contribution < -0.4 is 10.1 Å². The predicted octanol–water partition coefficient (Wildman–Crippen LogP) is 3.55. The number of aryl methyl sites for hydroxylation is 1. The van der Waals surface area contributed by atoms with Gasteiger partial charge >= 0.3 is 0 Å². The van der Waals surface area contributed by atoms with E-state index in [0.29, 0.717) is 12.1 Å². The van der Waals surface area contributed by atoms with Crippen molar-refractivity contribution in [2.24, 2.45) is 0 Å². The van der Waals surface area contributed by atoms with Gasteiger partial charge in [-0.3, -0.25) is 4.79 Å². The second-order valence-corrected chi connectivity index (χ2v) is 5.82. The summed E-state index contributed by atoms with van der Waals surface area (Å²) >= 11 is 1.41. The summed E-state index contributed by atoms with van der Waals surface area (Å²) in [6.45, 7) is 2.03. The Balaban J connectivity index is 1.84. The molecule has 2 aromatic rings. The topological polar surface area (TPSA) is 38.3 Å². The van der Waals surface area contributed by atoms with Gasteiger partial charge in [-0.25, -0.2) is 4.39 Å². The van der Waals surface area contributed by atoms with Crippen molar-refractivity contribution in [3.8, 4) is 5.75 Å². The molecule has 0 heterocycles. The van der Waals surface area contributed by atoms with E-state index >= 15 is 0 Å². The maximum Gasteiger partial charge on any atom is 0.230 e. The van der Waals surface area contributed by atoms with Crippen LogP contribution in [0.2, 0.25) is 0 Å². The highest BCUT2D eigenvalue weighted by Gasteiger charge is 2.07. The molecular formula is C17H18FNO2S. The first-order valence-corrected chi connectivity index (χ1v) is 7.86. The lowest BCUT2D eigenvalue weighted by molar-refractivity contribution is -0.118. The zero-order valence-electron chi connectivity index (χ0n) is 12.6. The van der Waals surface area contributed by atoms with Crippen LogP contribution in [0.25, 0.3) is 0 Å². The first-order chi connectivity index (χ1) is 10.6. The van der Waals surface area contributed by atoms with Gasteiger partial charge in [-0.1, -0.05) is 24.3 Å². The minimum Gasteiger partial charge on any atom is -0.496 e. The third-order valence-electron chi connectivity index (χ3n) is 3.15. The van der Waals surface area contributed by atoms with Crippen LogP contribution in [0.15, 0.2) is 47.4 Å². The van der Waals surface area contributed by atoms with Crippen molar-refractivity contribution in [1.82, 2.24) is 5.32 Å². The van der Waals surface area contributed by atoms with Gasteiger partial charge in [0.2, 0.25) is 5.91 Å². The molecule has 2 rings (SSSR count). The molecule has 0 saturated carbocycles. The number of thioether (sulfide) groups is 1. The average molecular weight is 319 g/mol. The van der Waals surface area contributed by atoms with Gasteiger partial charge in [0.25, 0.3) is 0 Å². The van der Waals surface area contributed by atoms with Crippen molar-refractivity contribution in [1.29, 1.82) is 0 Å². The highest BCUT2D eigenvalue weighted by Crippen LogP contribution is 2.28. The van der Waals surface area contributed by atoms with Crippen LogP contribution in [0.5, 0.6) is 5.75 Å². The number of hydrogen-bond donors (Lipinski definition) is 1. The Kier molecular flexibility index (Phi) is 5.83. The van der Waals surface area contributed by atoms with Crippen molar-refractivity contribution >= 4 is 17.7 Å². The highest BCUT2D eigenvalue weighted by molar-refractivity contribution is 8.00. The summed E-state index contributed by atoms with van der Waals surface area (Å²) in [5.74, 6) is 0.683. The summed E-state index contributed by atoms with van der Waals surface area (Å²) < 4.78 is 18.7. The van der Waals surface area contributed by atoms with Crippen molar-refractivity contribution in [3.05, 3.63) is 59.4 Å². The average Bonchev–Trinajstić information content (AvgIpc) is 2.54. The number of amides is 1. The molecule has 0 unspecified atom stereocenters. The van der Waals surface area contributed by atoms with Gasteiger partial charge in [0.05, 0.1) is 12.9 Å². The van der Waals surface area contributed by atoms with E-state index in [1.807, 2.05) is 30.3 Å². The quantitative estimate of drug-likeness (QED) is 0.828. The molecule has 0 aliphatic carbocycles. The van der Waals surface area contributed by atoms with E-state index in [0.717, 1.165) is 16.2 Å². The highest BCUT2D eigenvalue weighted by atomic mass is 32.2. The van der Waals surface area contributed by atoms with Crippen LogP contribution in [0.4, 0.5) is 4.39 Å². The Morgan fingerprint density at radius 2 is 2.05 bits per heavy atom. The molecule has 0 atom stereocenters. The summed E-state index contributed by atoms with van der Waals surface area (Å²) in [6.07, 6.45) is 0. The van der Waals surface area contributed by atoms with Gasteiger partial charge < -0.3 is 10.1 Å². The Hall–Kier alpha value is -2.01. The predicted molar refractivity (Wildman–Crippen MR) is 86.7 cm³/mol. The van der Waals surface area contributed by atoms with Gasteiger partial charge in [0, 0.05) is 11.4 Å². The lowest BCUT2D eigenvalue weighted by Crippen LogP contribution is -2.24. The molecule has 0 aliphatic rings. The first kappa shape index (κ1) is 16.4. The summed E-state index contributed by atoms with van der Waals surface area (Å²) in [6, 6.07) is 12.5. The molecule has 0 aromatic heterocycles. The molecule has 22 heavy (non-hydrogen) atoms. The second kappa shape index (κ2) is 7.84. The van der Waals surface area contributed by atoms with Crippen molar-refractivity contribution in [3.63, 3.8) is 0 Å². The molecule has 0 aliphatic heterocycles. The Bertz CT molecular complexity index is 661. The molecule has 5 heteroatoms. The Labute approximate surface area is 133 Å². The van der Waals surface area contributed by atoms with Crippen molar-refractivity contribution in [2.45, 2.75) is 18.4 Å². The number of nitrogens with one attached hydrogen (secondary N) is 1.